The van der Waals surface area contributed by atoms with Gasteiger partial charge in [0.15, 0.2) is 5.82 Å². The number of aliphatic hydroxyl groups is 1. The fourth-order valence-electron chi connectivity index (χ4n) is 3.12. The molecule has 3 rings (SSSR count). The second kappa shape index (κ2) is 6.62. The lowest BCUT2D eigenvalue weighted by Crippen LogP contribution is -2.45. The molecule has 1 saturated carbocycles. The number of hydrogen-bond donors (Lipinski definition) is 2. The van der Waals surface area contributed by atoms with Gasteiger partial charge in [-0.15, -0.1) is 10.2 Å². The molecule has 1 fully saturated rings. The lowest BCUT2D eigenvalue weighted by atomic mass is 9.77. The largest absolute Gasteiger partial charge is 0.391 e. The molecule has 2 unspecified atom stereocenters. The molecular formula is C16H20F3N5O. The maximum absolute atomic E-state index is 12.9. The summed E-state index contributed by atoms with van der Waals surface area (Å²) in [6.45, 7) is 1.87. The molecule has 0 aliphatic heterocycles. The van der Waals surface area contributed by atoms with E-state index in [4.69, 9.17) is 0 Å². The summed E-state index contributed by atoms with van der Waals surface area (Å²) in [5, 5.41) is 25.6. The molecule has 136 valence electrons. The summed E-state index contributed by atoms with van der Waals surface area (Å²) in [7, 11) is 0. The molecule has 2 aromatic rings. The monoisotopic (exact) mass is 355 g/mol. The molecule has 25 heavy (non-hydrogen) atoms. The first-order valence-electron chi connectivity index (χ1n) is 8.15. The number of alkyl halides is 3. The topological polar surface area (TPSA) is 75.9 Å². The Bertz CT molecular complexity index is 715. The van der Waals surface area contributed by atoms with Crippen molar-refractivity contribution in [2.45, 2.75) is 44.4 Å². The average molecular weight is 355 g/mol. The molecule has 2 N–H and O–H groups in total. The van der Waals surface area contributed by atoms with Gasteiger partial charge in [0.1, 0.15) is 5.82 Å². The molecule has 0 spiro atoms. The molecule has 1 aliphatic carbocycles. The molecule has 1 aliphatic rings. The van der Waals surface area contributed by atoms with Crippen molar-refractivity contribution in [3.8, 4) is 5.82 Å². The van der Waals surface area contributed by atoms with Crippen molar-refractivity contribution in [1.82, 2.24) is 20.0 Å². The van der Waals surface area contributed by atoms with Crippen LogP contribution in [-0.4, -0.2) is 43.4 Å². The van der Waals surface area contributed by atoms with E-state index in [1.165, 1.54) is 0 Å². The summed E-state index contributed by atoms with van der Waals surface area (Å²) in [6.07, 6.45) is -2.03. The third-order valence-electron chi connectivity index (χ3n) is 4.49. The highest BCUT2D eigenvalue weighted by Gasteiger charge is 2.46. The number of aryl methyl sites for hydroxylation is 1. The van der Waals surface area contributed by atoms with Crippen molar-refractivity contribution >= 4 is 5.82 Å². The first-order valence-corrected chi connectivity index (χ1v) is 8.15. The van der Waals surface area contributed by atoms with Crippen molar-refractivity contribution in [3.05, 3.63) is 30.1 Å². The third kappa shape index (κ3) is 4.28. The van der Waals surface area contributed by atoms with Gasteiger partial charge in [-0.2, -0.15) is 18.3 Å². The molecule has 0 aromatic carbocycles. The predicted molar refractivity (Wildman–Crippen MR) is 85.3 cm³/mol. The van der Waals surface area contributed by atoms with E-state index in [2.05, 4.69) is 20.6 Å². The van der Waals surface area contributed by atoms with Crippen LogP contribution in [0.25, 0.3) is 5.82 Å². The maximum atomic E-state index is 12.9. The molecule has 6 nitrogen and oxygen atoms in total. The Morgan fingerprint density at radius 1 is 1.32 bits per heavy atom. The van der Waals surface area contributed by atoms with E-state index >= 15 is 0 Å². The molecule has 0 bridgehead atoms. The third-order valence-corrected chi connectivity index (χ3v) is 4.49. The van der Waals surface area contributed by atoms with Crippen LogP contribution in [0.3, 0.4) is 0 Å². The van der Waals surface area contributed by atoms with E-state index in [1.807, 2.05) is 13.0 Å². The number of rotatable bonds is 4. The molecule has 9 heteroatoms. The Morgan fingerprint density at radius 3 is 2.72 bits per heavy atom. The van der Waals surface area contributed by atoms with Gasteiger partial charge in [0, 0.05) is 12.7 Å². The summed E-state index contributed by atoms with van der Waals surface area (Å²) < 4.78 is 40.3. The predicted octanol–water partition coefficient (Wildman–Crippen LogP) is 2.87. The first-order chi connectivity index (χ1) is 11.8. The van der Waals surface area contributed by atoms with Crippen LogP contribution in [0.1, 0.15) is 31.4 Å². The van der Waals surface area contributed by atoms with Crippen molar-refractivity contribution in [2.75, 3.05) is 11.9 Å². The Labute approximate surface area is 143 Å². The summed E-state index contributed by atoms with van der Waals surface area (Å²) in [4.78, 5) is 0. The summed E-state index contributed by atoms with van der Waals surface area (Å²) in [6, 6.07) is 5.20. The van der Waals surface area contributed by atoms with Crippen molar-refractivity contribution in [2.24, 2.45) is 5.92 Å². The summed E-state index contributed by atoms with van der Waals surface area (Å²) in [5.41, 5.74) is -0.541. The second-order valence-electron chi connectivity index (χ2n) is 6.59. The molecule has 2 heterocycles. The minimum Gasteiger partial charge on any atom is -0.388 e. The van der Waals surface area contributed by atoms with E-state index < -0.39 is 17.7 Å². The Hall–Kier alpha value is -2.16. The quantitative estimate of drug-likeness (QED) is 0.882. The van der Waals surface area contributed by atoms with Crippen LogP contribution in [0.4, 0.5) is 19.0 Å². The number of aromatic nitrogens is 4. The van der Waals surface area contributed by atoms with Gasteiger partial charge in [-0.05, 0) is 50.8 Å². The molecule has 0 radical (unpaired) electrons. The highest BCUT2D eigenvalue weighted by molar-refractivity contribution is 5.36. The lowest BCUT2D eigenvalue weighted by molar-refractivity contribution is -0.199. The van der Waals surface area contributed by atoms with Crippen LogP contribution < -0.4 is 5.32 Å². The highest BCUT2D eigenvalue weighted by Crippen LogP contribution is 2.41. The normalized spacial score (nSPS) is 24.3. The molecule has 2 aromatic heterocycles. The number of halogens is 3. The zero-order valence-corrected chi connectivity index (χ0v) is 13.8. The van der Waals surface area contributed by atoms with Crippen LogP contribution in [0.15, 0.2) is 24.4 Å². The van der Waals surface area contributed by atoms with Gasteiger partial charge in [-0.1, -0.05) is 0 Å². The number of nitrogens with one attached hydrogen (secondary N) is 1. The van der Waals surface area contributed by atoms with Gasteiger partial charge >= 0.3 is 6.18 Å². The molecular weight excluding hydrogens is 335 g/mol. The van der Waals surface area contributed by atoms with Gasteiger partial charge in [0.2, 0.25) is 0 Å². The minimum absolute atomic E-state index is 0.00842. The second-order valence-corrected chi connectivity index (χ2v) is 6.59. The smallest absolute Gasteiger partial charge is 0.388 e. The minimum atomic E-state index is -4.27. The molecule has 2 atom stereocenters. The number of anilines is 1. The SMILES string of the molecule is Cc1ccn(-c2ccc(NCC3(O)CCCC(C(F)(F)F)C3)nn2)n1. The summed E-state index contributed by atoms with van der Waals surface area (Å²) >= 11 is 0. The van der Waals surface area contributed by atoms with E-state index in [-0.39, 0.29) is 19.4 Å². The van der Waals surface area contributed by atoms with Gasteiger partial charge in [0.25, 0.3) is 0 Å². The number of hydrogen-bond acceptors (Lipinski definition) is 5. The van der Waals surface area contributed by atoms with Crippen LogP contribution in [0.5, 0.6) is 0 Å². The maximum Gasteiger partial charge on any atom is 0.391 e. The fourth-order valence-corrected chi connectivity index (χ4v) is 3.12. The van der Waals surface area contributed by atoms with Crippen molar-refractivity contribution < 1.29 is 18.3 Å². The standard InChI is InChI=1S/C16H20F3N5O/c1-11-6-8-24(23-11)14-5-4-13(21-22-14)20-10-15(25)7-2-3-12(9-15)16(17,18)19/h4-6,8,12,25H,2-3,7,9-10H2,1H3,(H,20,21). The number of nitrogens with zero attached hydrogens (tertiary/aromatic N) is 4. The van der Waals surface area contributed by atoms with Gasteiger partial charge in [-0.3, -0.25) is 0 Å². The van der Waals surface area contributed by atoms with E-state index in [9.17, 15) is 18.3 Å². The Balaban J connectivity index is 1.61. The Morgan fingerprint density at radius 2 is 2.12 bits per heavy atom. The molecule has 0 amide bonds. The van der Waals surface area contributed by atoms with Crippen LogP contribution in [-0.2, 0) is 0 Å². The lowest BCUT2D eigenvalue weighted by Gasteiger charge is -2.37. The van der Waals surface area contributed by atoms with Crippen LogP contribution >= 0.6 is 0 Å². The first kappa shape index (κ1) is 17.7. The van der Waals surface area contributed by atoms with Crippen LogP contribution in [0, 0.1) is 12.8 Å². The molecule has 0 saturated heterocycles. The van der Waals surface area contributed by atoms with Crippen molar-refractivity contribution in [1.29, 1.82) is 0 Å². The van der Waals surface area contributed by atoms with Crippen molar-refractivity contribution in [3.63, 3.8) is 0 Å². The highest BCUT2D eigenvalue weighted by atomic mass is 19.4. The van der Waals surface area contributed by atoms with E-state index in [1.54, 1.807) is 23.0 Å². The van der Waals surface area contributed by atoms with E-state index in [0.29, 0.717) is 24.5 Å². The zero-order chi connectivity index (χ0) is 18.1. The zero-order valence-electron chi connectivity index (χ0n) is 13.8. The van der Waals surface area contributed by atoms with Crippen LogP contribution in [0.2, 0.25) is 0 Å². The fraction of sp³-hybridized carbons (Fsp3) is 0.562. The average Bonchev–Trinajstić information content (AvgIpc) is 2.99. The Kier molecular flexibility index (Phi) is 4.68. The summed E-state index contributed by atoms with van der Waals surface area (Å²) in [5.74, 6) is -0.521. The van der Waals surface area contributed by atoms with Gasteiger partial charge in [-0.25, -0.2) is 4.68 Å². The van der Waals surface area contributed by atoms with Gasteiger partial charge < -0.3 is 10.4 Å². The van der Waals surface area contributed by atoms with E-state index in [0.717, 1.165) is 5.69 Å². The van der Waals surface area contributed by atoms with Gasteiger partial charge in [0.05, 0.1) is 17.2 Å².